The zero-order valence-corrected chi connectivity index (χ0v) is 15.4. The molecular weight excluding hydrogens is 380 g/mol. The lowest BCUT2D eigenvalue weighted by Crippen LogP contribution is -2.34. The van der Waals surface area contributed by atoms with Crippen LogP contribution in [-0.2, 0) is 4.79 Å². The van der Waals surface area contributed by atoms with E-state index < -0.39 is 22.3 Å². The van der Waals surface area contributed by atoms with Gasteiger partial charge in [0, 0.05) is 23.2 Å². The second kappa shape index (κ2) is 7.67. The third kappa shape index (κ3) is 3.86. The second-order valence-corrected chi connectivity index (χ2v) is 7.85. The van der Waals surface area contributed by atoms with Gasteiger partial charge in [0.1, 0.15) is 0 Å². The summed E-state index contributed by atoms with van der Waals surface area (Å²) in [6.07, 6.45) is 6.68. The normalized spacial score (nSPS) is 20.2. The lowest BCUT2D eigenvalue weighted by molar-refractivity contribution is -0.385. The molecule has 1 aromatic carbocycles. The highest BCUT2D eigenvalue weighted by Gasteiger charge is 2.37. The minimum Gasteiger partial charge on any atom is -0.502 e. The Bertz CT molecular complexity index is 805. The molecule has 3 rings (SSSR count). The van der Waals surface area contributed by atoms with E-state index in [0.29, 0.717) is 12.5 Å². The first-order valence-corrected chi connectivity index (χ1v) is 9.48. The molecule has 1 heterocycles. The molecule has 7 nitrogen and oxygen atoms in total. The molecule has 0 spiro atoms. The summed E-state index contributed by atoms with van der Waals surface area (Å²) < 4.78 is 0. The number of nitrogens with zero attached hydrogens (tertiary/aromatic N) is 2. The number of amides is 2. The minimum atomic E-state index is -0.757. The summed E-state index contributed by atoms with van der Waals surface area (Å²) in [4.78, 5) is 36.4. The van der Waals surface area contributed by atoms with E-state index in [0.717, 1.165) is 43.5 Å². The highest BCUT2D eigenvalue weighted by molar-refractivity contribution is 8.18. The van der Waals surface area contributed by atoms with Crippen molar-refractivity contribution in [2.45, 2.75) is 32.1 Å². The van der Waals surface area contributed by atoms with Crippen molar-refractivity contribution in [1.82, 2.24) is 4.90 Å². The Morgan fingerprint density at radius 3 is 2.65 bits per heavy atom. The van der Waals surface area contributed by atoms with E-state index in [4.69, 9.17) is 11.6 Å². The fraction of sp³-hybridized carbons (Fsp3) is 0.412. The number of aromatic hydroxyl groups is 1. The van der Waals surface area contributed by atoms with Crippen LogP contribution >= 0.6 is 23.4 Å². The van der Waals surface area contributed by atoms with Crippen LogP contribution in [0.5, 0.6) is 5.75 Å². The fourth-order valence-corrected chi connectivity index (χ4v) is 4.34. The Hall–Kier alpha value is -2.06. The van der Waals surface area contributed by atoms with Crippen LogP contribution in [-0.4, -0.2) is 32.6 Å². The number of carbonyl (C=O) groups is 2. The summed E-state index contributed by atoms with van der Waals surface area (Å²) >= 11 is 6.63. The van der Waals surface area contributed by atoms with Crippen molar-refractivity contribution in [3.05, 3.63) is 37.7 Å². The summed E-state index contributed by atoms with van der Waals surface area (Å²) in [7, 11) is 0. The molecule has 138 valence electrons. The molecule has 26 heavy (non-hydrogen) atoms. The number of hydrogen-bond donors (Lipinski definition) is 1. The van der Waals surface area contributed by atoms with Gasteiger partial charge in [0.15, 0.2) is 0 Å². The molecule has 0 bridgehead atoms. The number of halogens is 1. The van der Waals surface area contributed by atoms with Crippen LogP contribution in [0.15, 0.2) is 17.0 Å². The van der Waals surface area contributed by atoms with Crippen LogP contribution in [0.1, 0.15) is 37.7 Å². The summed E-state index contributed by atoms with van der Waals surface area (Å²) in [5.41, 5.74) is -0.516. The van der Waals surface area contributed by atoms with Gasteiger partial charge in [-0.25, -0.2) is 0 Å². The van der Waals surface area contributed by atoms with Crippen molar-refractivity contribution in [2.24, 2.45) is 5.92 Å². The Labute approximate surface area is 159 Å². The maximum atomic E-state index is 12.6. The van der Waals surface area contributed by atoms with E-state index in [1.54, 1.807) is 0 Å². The van der Waals surface area contributed by atoms with E-state index in [2.05, 4.69) is 0 Å². The summed E-state index contributed by atoms with van der Waals surface area (Å²) in [6, 6.07) is 2.35. The first-order valence-electron chi connectivity index (χ1n) is 8.29. The van der Waals surface area contributed by atoms with Gasteiger partial charge in [0.05, 0.1) is 9.83 Å². The zero-order chi connectivity index (χ0) is 18.8. The largest absolute Gasteiger partial charge is 0.502 e. The maximum absolute atomic E-state index is 12.6. The molecule has 0 radical (unpaired) electrons. The van der Waals surface area contributed by atoms with E-state index in [-0.39, 0.29) is 20.7 Å². The molecule has 2 fully saturated rings. The molecule has 1 saturated heterocycles. The SMILES string of the molecule is O=C1S/C(=C/c2cc(Cl)cc([N+](=O)[O-])c2O)C(=O)N1CC1CCCCC1. The number of carbonyl (C=O) groups excluding carboxylic acids is 2. The van der Waals surface area contributed by atoms with Crippen LogP contribution < -0.4 is 0 Å². The number of benzene rings is 1. The number of phenolic OH excluding ortho intramolecular Hbond substituents is 1. The van der Waals surface area contributed by atoms with Crippen molar-refractivity contribution >= 4 is 46.3 Å². The predicted molar refractivity (Wildman–Crippen MR) is 99.0 cm³/mol. The topological polar surface area (TPSA) is 101 Å². The van der Waals surface area contributed by atoms with Gasteiger partial charge in [-0.2, -0.15) is 0 Å². The average Bonchev–Trinajstić information content (AvgIpc) is 2.86. The molecule has 1 saturated carbocycles. The molecule has 1 aromatic rings. The molecule has 1 N–H and O–H groups in total. The van der Waals surface area contributed by atoms with Gasteiger partial charge >= 0.3 is 5.69 Å². The third-order valence-electron chi connectivity index (χ3n) is 4.61. The van der Waals surface area contributed by atoms with Crippen LogP contribution in [0.3, 0.4) is 0 Å². The van der Waals surface area contributed by atoms with E-state index in [9.17, 15) is 24.8 Å². The van der Waals surface area contributed by atoms with Gasteiger partial charge < -0.3 is 5.11 Å². The Morgan fingerprint density at radius 1 is 1.31 bits per heavy atom. The van der Waals surface area contributed by atoms with Gasteiger partial charge in [0.25, 0.3) is 11.1 Å². The first kappa shape index (κ1) is 18.7. The smallest absolute Gasteiger partial charge is 0.312 e. The number of hydrogen-bond acceptors (Lipinski definition) is 6. The predicted octanol–water partition coefficient (Wildman–Crippen LogP) is 4.57. The molecule has 9 heteroatoms. The van der Waals surface area contributed by atoms with E-state index >= 15 is 0 Å². The Balaban J connectivity index is 1.85. The van der Waals surface area contributed by atoms with Crippen molar-refractivity contribution in [1.29, 1.82) is 0 Å². The van der Waals surface area contributed by atoms with Crippen molar-refractivity contribution in [2.75, 3.05) is 6.54 Å². The summed E-state index contributed by atoms with van der Waals surface area (Å²) in [6.45, 7) is 0.393. The van der Waals surface area contributed by atoms with Gasteiger partial charge in [-0.05, 0) is 42.7 Å². The average molecular weight is 397 g/mol. The molecule has 0 unspecified atom stereocenters. The van der Waals surface area contributed by atoms with Crippen molar-refractivity contribution < 1.29 is 19.6 Å². The van der Waals surface area contributed by atoms with Crippen LogP contribution in [0.4, 0.5) is 10.5 Å². The zero-order valence-electron chi connectivity index (χ0n) is 13.8. The van der Waals surface area contributed by atoms with Gasteiger partial charge in [-0.15, -0.1) is 0 Å². The lowest BCUT2D eigenvalue weighted by atomic mass is 9.89. The maximum Gasteiger partial charge on any atom is 0.312 e. The van der Waals surface area contributed by atoms with Crippen LogP contribution in [0.25, 0.3) is 6.08 Å². The monoisotopic (exact) mass is 396 g/mol. The number of rotatable bonds is 4. The number of imide groups is 1. The molecule has 1 aliphatic carbocycles. The summed E-state index contributed by atoms with van der Waals surface area (Å²) in [5.74, 6) is -0.705. The van der Waals surface area contributed by atoms with Gasteiger partial charge in [-0.3, -0.25) is 24.6 Å². The van der Waals surface area contributed by atoms with E-state index in [1.165, 1.54) is 23.5 Å². The highest BCUT2D eigenvalue weighted by Crippen LogP contribution is 2.39. The fourth-order valence-electron chi connectivity index (χ4n) is 3.28. The number of phenols is 1. The highest BCUT2D eigenvalue weighted by atomic mass is 35.5. The second-order valence-electron chi connectivity index (χ2n) is 6.42. The molecule has 2 aliphatic rings. The minimum absolute atomic E-state index is 0.0346. The van der Waals surface area contributed by atoms with Crippen LogP contribution in [0.2, 0.25) is 5.02 Å². The van der Waals surface area contributed by atoms with E-state index in [1.807, 2.05) is 0 Å². The molecule has 0 aromatic heterocycles. The standard InChI is InChI=1S/C17H17ClN2O5S/c18-12-6-11(15(21)13(8-12)20(24)25)7-14-16(22)19(17(23)26-14)9-10-4-2-1-3-5-10/h6-8,10,21H,1-5,9H2/b14-7+. The molecular formula is C17H17ClN2O5S. The molecule has 1 aliphatic heterocycles. The first-order chi connectivity index (χ1) is 12.4. The molecule has 2 amide bonds. The Kier molecular flexibility index (Phi) is 5.52. The van der Waals surface area contributed by atoms with Crippen molar-refractivity contribution in [3.63, 3.8) is 0 Å². The quantitative estimate of drug-likeness (QED) is 0.454. The third-order valence-corrected chi connectivity index (χ3v) is 5.73. The Morgan fingerprint density at radius 2 is 2.00 bits per heavy atom. The molecule has 0 atom stereocenters. The van der Waals surface area contributed by atoms with Gasteiger partial charge in [0.2, 0.25) is 5.75 Å². The number of nitro benzene ring substituents is 1. The number of thioether (sulfide) groups is 1. The van der Waals surface area contributed by atoms with Crippen LogP contribution in [0, 0.1) is 16.0 Å². The lowest BCUT2D eigenvalue weighted by Gasteiger charge is -2.25. The number of nitro groups is 1. The summed E-state index contributed by atoms with van der Waals surface area (Å²) in [5, 5.41) is 20.7. The van der Waals surface area contributed by atoms with Gasteiger partial charge in [-0.1, -0.05) is 30.9 Å². The van der Waals surface area contributed by atoms with Crippen molar-refractivity contribution in [3.8, 4) is 5.75 Å².